The number of pyridine rings is 1. The number of rotatable bonds is 5. The average molecular weight is 335 g/mol. The topological polar surface area (TPSA) is 62.0 Å². The van der Waals surface area contributed by atoms with Crippen molar-refractivity contribution in [3.05, 3.63) is 64.1 Å². The average Bonchev–Trinajstić information content (AvgIpc) is 2.46. The van der Waals surface area contributed by atoms with E-state index in [2.05, 4.69) is 26.2 Å². The Labute approximate surface area is 125 Å². The summed E-state index contributed by atoms with van der Waals surface area (Å²) >= 11 is 3.40. The summed E-state index contributed by atoms with van der Waals surface area (Å²) in [5.74, 6) is -0.237. The van der Waals surface area contributed by atoms with Gasteiger partial charge in [-0.05, 0) is 36.6 Å². The van der Waals surface area contributed by atoms with Crippen LogP contribution in [0.5, 0.6) is 0 Å². The molecule has 0 bridgehead atoms. The van der Waals surface area contributed by atoms with Crippen molar-refractivity contribution in [1.29, 1.82) is 0 Å². The summed E-state index contributed by atoms with van der Waals surface area (Å²) in [6.07, 6.45) is 3.43. The number of alkyl halides is 1. The fourth-order valence-corrected chi connectivity index (χ4v) is 2.11. The lowest BCUT2D eigenvalue weighted by Crippen LogP contribution is -2.14. The fraction of sp³-hybridized carbons (Fsp3) is 0.200. The number of hydrogen-bond acceptors (Lipinski definition) is 2. The lowest BCUT2D eigenvalue weighted by Gasteiger charge is -2.07. The third-order valence-electron chi connectivity index (χ3n) is 2.83. The molecule has 104 valence electrons. The van der Waals surface area contributed by atoms with Crippen molar-refractivity contribution >= 4 is 27.5 Å². The molecule has 1 amide bonds. The van der Waals surface area contributed by atoms with Gasteiger partial charge >= 0.3 is 0 Å². The molecule has 0 fully saturated rings. The number of H-pyrrole nitrogens is 1. The third-order valence-corrected chi connectivity index (χ3v) is 3.39. The molecule has 0 atom stereocenters. The molecule has 20 heavy (non-hydrogen) atoms. The first-order valence-electron chi connectivity index (χ1n) is 6.34. The minimum absolute atomic E-state index is 0.224. The predicted octanol–water partition coefficient (Wildman–Crippen LogP) is 2.95. The zero-order valence-corrected chi connectivity index (χ0v) is 12.4. The van der Waals surface area contributed by atoms with Gasteiger partial charge in [0, 0.05) is 23.3 Å². The Morgan fingerprint density at radius 2 is 2.10 bits per heavy atom. The molecule has 2 N–H and O–H groups in total. The van der Waals surface area contributed by atoms with Crippen LogP contribution >= 0.6 is 15.9 Å². The quantitative estimate of drug-likeness (QED) is 0.826. The molecule has 5 heteroatoms. The van der Waals surface area contributed by atoms with Crippen LogP contribution in [-0.4, -0.2) is 16.2 Å². The van der Waals surface area contributed by atoms with Crippen LogP contribution in [0.3, 0.4) is 0 Å². The maximum absolute atomic E-state index is 12.0. The standard InChI is InChI=1S/C15H15BrN2O2/c16-8-2-4-11-3-1-5-13(9-11)18-15(20)12-6-7-14(19)17-10-12/h1,3,5-7,9-10H,2,4,8H2,(H,17,19)(H,18,20). The van der Waals surface area contributed by atoms with Crippen molar-refractivity contribution < 1.29 is 4.79 Å². The number of nitrogens with one attached hydrogen (secondary N) is 2. The first-order chi connectivity index (χ1) is 9.69. The molecule has 0 saturated carbocycles. The monoisotopic (exact) mass is 334 g/mol. The van der Waals surface area contributed by atoms with Gasteiger partial charge in [0.05, 0.1) is 5.56 Å². The summed E-state index contributed by atoms with van der Waals surface area (Å²) in [6, 6.07) is 10.6. The number of benzene rings is 1. The third kappa shape index (κ3) is 4.06. The van der Waals surface area contributed by atoms with Crippen molar-refractivity contribution in [2.75, 3.05) is 10.6 Å². The lowest BCUT2D eigenvalue weighted by molar-refractivity contribution is 0.102. The van der Waals surface area contributed by atoms with Gasteiger partial charge < -0.3 is 10.3 Å². The molecule has 4 nitrogen and oxygen atoms in total. The van der Waals surface area contributed by atoms with Gasteiger partial charge in [-0.25, -0.2) is 0 Å². The van der Waals surface area contributed by atoms with Gasteiger partial charge in [-0.1, -0.05) is 28.1 Å². The lowest BCUT2D eigenvalue weighted by atomic mass is 10.1. The van der Waals surface area contributed by atoms with Gasteiger partial charge in [0.1, 0.15) is 0 Å². The summed E-state index contributed by atoms with van der Waals surface area (Å²) in [7, 11) is 0. The van der Waals surface area contributed by atoms with Crippen LogP contribution in [0.1, 0.15) is 22.3 Å². The number of aromatic amines is 1. The highest BCUT2D eigenvalue weighted by Gasteiger charge is 2.06. The van der Waals surface area contributed by atoms with E-state index in [9.17, 15) is 9.59 Å². The minimum Gasteiger partial charge on any atom is -0.328 e. The van der Waals surface area contributed by atoms with Gasteiger partial charge in [0.25, 0.3) is 5.91 Å². The molecule has 0 saturated heterocycles. The SMILES string of the molecule is O=C(Nc1cccc(CCCBr)c1)c1ccc(=O)[nH]c1. The van der Waals surface area contributed by atoms with Crippen LogP contribution in [0.4, 0.5) is 5.69 Å². The molecule has 1 aromatic heterocycles. The van der Waals surface area contributed by atoms with Crippen molar-refractivity contribution in [2.24, 2.45) is 0 Å². The van der Waals surface area contributed by atoms with E-state index < -0.39 is 0 Å². The zero-order chi connectivity index (χ0) is 14.4. The molecule has 0 spiro atoms. The van der Waals surface area contributed by atoms with E-state index in [0.29, 0.717) is 5.56 Å². The zero-order valence-electron chi connectivity index (χ0n) is 10.9. The molecular weight excluding hydrogens is 320 g/mol. The molecule has 0 aliphatic carbocycles. The summed E-state index contributed by atoms with van der Waals surface area (Å²) in [6.45, 7) is 0. The number of carbonyl (C=O) groups is 1. The molecule has 0 aliphatic rings. The van der Waals surface area contributed by atoms with E-state index in [1.165, 1.54) is 23.9 Å². The summed E-state index contributed by atoms with van der Waals surface area (Å²) in [5.41, 5.74) is 2.14. The smallest absolute Gasteiger partial charge is 0.257 e. The first kappa shape index (κ1) is 14.5. The Bertz CT molecular complexity index is 632. The van der Waals surface area contributed by atoms with Gasteiger partial charge in [-0.15, -0.1) is 0 Å². The number of hydrogen-bond donors (Lipinski definition) is 2. The second-order valence-corrected chi connectivity index (χ2v) is 5.18. The normalized spacial score (nSPS) is 10.2. The molecule has 0 radical (unpaired) electrons. The molecule has 1 heterocycles. The summed E-state index contributed by atoms with van der Waals surface area (Å²) in [4.78, 5) is 25.5. The Balaban J connectivity index is 2.07. The molecule has 0 aliphatic heterocycles. The highest BCUT2D eigenvalue weighted by atomic mass is 79.9. The molecule has 2 aromatic rings. The van der Waals surface area contributed by atoms with E-state index in [0.717, 1.165) is 23.9 Å². The van der Waals surface area contributed by atoms with Crippen molar-refractivity contribution in [3.63, 3.8) is 0 Å². The van der Waals surface area contributed by atoms with Crippen LogP contribution < -0.4 is 10.9 Å². The van der Waals surface area contributed by atoms with Gasteiger partial charge in [0.15, 0.2) is 0 Å². The van der Waals surface area contributed by atoms with Gasteiger partial charge in [-0.2, -0.15) is 0 Å². The van der Waals surface area contributed by atoms with Gasteiger partial charge in [0.2, 0.25) is 5.56 Å². The van der Waals surface area contributed by atoms with Gasteiger partial charge in [-0.3, -0.25) is 9.59 Å². The van der Waals surface area contributed by atoms with E-state index in [4.69, 9.17) is 0 Å². The summed E-state index contributed by atoms with van der Waals surface area (Å²) in [5, 5.41) is 3.78. The van der Waals surface area contributed by atoms with E-state index in [-0.39, 0.29) is 11.5 Å². The number of aromatic nitrogens is 1. The fourth-order valence-electron chi connectivity index (χ4n) is 1.83. The van der Waals surface area contributed by atoms with Crippen molar-refractivity contribution in [3.8, 4) is 0 Å². The second kappa shape index (κ2) is 7.05. The number of amides is 1. The number of halogens is 1. The predicted molar refractivity (Wildman–Crippen MR) is 83.6 cm³/mol. The van der Waals surface area contributed by atoms with Crippen molar-refractivity contribution in [2.45, 2.75) is 12.8 Å². The minimum atomic E-state index is -0.237. The van der Waals surface area contributed by atoms with Crippen LogP contribution in [0.2, 0.25) is 0 Å². The van der Waals surface area contributed by atoms with Crippen LogP contribution in [0.15, 0.2) is 47.4 Å². The molecular formula is C15H15BrN2O2. The molecule has 1 aromatic carbocycles. The highest BCUT2D eigenvalue weighted by molar-refractivity contribution is 9.09. The van der Waals surface area contributed by atoms with E-state index in [1.54, 1.807) is 0 Å². The Morgan fingerprint density at radius 3 is 2.80 bits per heavy atom. The molecule has 0 unspecified atom stereocenters. The number of carbonyl (C=O) groups excluding carboxylic acids is 1. The highest BCUT2D eigenvalue weighted by Crippen LogP contribution is 2.13. The largest absolute Gasteiger partial charge is 0.328 e. The van der Waals surface area contributed by atoms with E-state index in [1.807, 2.05) is 24.3 Å². The van der Waals surface area contributed by atoms with Crippen molar-refractivity contribution in [1.82, 2.24) is 4.98 Å². The Morgan fingerprint density at radius 1 is 1.25 bits per heavy atom. The van der Waals surface area contributed by atoms with Crippen LogP contribution in [0, 0.1) is 0 Å². The van der Waals surface area contributed by atoms with Crippen LogP contribution in [-0.2, 0) is 6.42 Å². The number of anilines is 1. The summed E-state index contributed by atoms with van der Waals surface area (Å²) < 4.78 is 0. The maximum atomic E-state index is 12.0. The Kier molecular flexibility index (Phi) is 5.12. The van der Waals surface area contributed by atoms with E-state index >= 15 is 0 Å². The maximum Gasteiger partial charge on any atom is 0.257 e. The first-order valence-corrected chi connectivity index (χ1v) is 7.46. The molecule has 2 rings (SSSR count). The Hall–Kier alpha value is -1.88. The van der Waals surface area contributed by atoms with Crippen LogP contribution in [0.25, 0.3) is 0 Å². The number of aryl methyl sites for hydroxylation is 1. The second-order valence-electron chi connectivity index (χ2n) is 4.39.